The molecule has 0 aliphatic rings. The van der Waals surface area contributed by atoms with E-state index in [4.69, 9.17) is 9.15 Å². The molecule has 3 aromatic rings. The summed E-state index contributed by atoms with van der Waals surface area (Å²) in [5.41, 5.74) is 1.42. The van der Waals surface area contributed by atoms with Crippen LogP contribution in [0, 0.1) is 3.77 Å². The summed E-state index contributed by atoms with van der Waals surface area (Å²) < 4.78 is 11.4. The minimum Gasteiger partial charge on any atom is -0.497 e. The summed E-state index contributed by atoms with van der Waals surface area (Å²) in [5, 5.41) is 5.49. The Morgan fingerprint density at radius 1 is 1.07 bits per heavy atom. The molecule has 1 heterocycles. The number of methoxy groups -OCH3 is 1. The third kappa shape index (κ3) is 5.95. The first-order chi connectivity index (χ1) is 14.0. The largest absolute Gasteiger partial charge is 0.497 e. The van der Waals surface area contributed by atoms with E-state index in [1.165, 1.54) is 6.08 Å². The van der Waals surface area contributed by atoms with Gasteiger partial charge in [0.15, 0.2) is 3.77 Å². The summed E-state index contributed by atoms with van der Waals surface area (Å²) in [6, 6.07) is 19.6. The third-order valence-electron chi connectivity index (χ3n) is 4.00. The molecule has 2 aromatic carbocycles. The quantitative estimate of drug-likeness (QED) is 0.379. The fraction of sp³-hybridized carbons (Fsp3) is 0.0909. The normalized spacial score (nSPS) is 11.0. The zero-order valence-electron chi connectivity index (χ0n) is 15.6. The Morgan fingerprint density at radius 3 is 2.55 bits per heavy atom. The molecule has 0 atom stereocenters. The van der Waals surface area contributed by atoms with Crippen molar-refractivity contribution in [2.45, 2.75) is 6.54 Å². The van der Waals surface area contributed by atoms with Gasteiger partial charge in [0.25, 0.3) is 11.8 Å². The molecule has 0 saturated carbocycles. The molecule has 0 saturated heterocycles. The molecule has 6 nitrogen and oxygen atoms in total. The van der Waals surface area contributed by atoms with Crippen molar-refractivity contribution in [3.05, 3.63) is 93.1 Å². The van der Waals surface area contributed by atoms with E-state index >= 15 is 0 Å². The number of nitrogens with one attached hydrogen (secondary N) is 2. The number of ether oxygens (including phenoxy) is 1. The molecule has 2 N–H and O–H groups in total. The number of rotatable bonds is 7. The lowest BCUT2D eigenvalue weighted by atomic mass is 10.2. The highest BCUT2D eigenvalue weighted by molar-refractivity contribution is 14.1. The number of amides is 2. The summed E-state index contributed by atoms with van der Waals surface area (Å²) in [6.45, 7) is 0.282. The second-order valence-electron chi connectivity index (χ2n) is 6.05. The average molecular weight is 502 g/mol. The summed E-state index contributed by atoms with van der Waals surface area (Å²) in [5.74, 6) is 0.363. The van der Waals surface area contributed by atoms with E-state index in [2.05, 4.69) is 10.6 Å². The number of benzene rings is 2. The third-order valence-corrected chi connectivity index (χ3v) is 4.58. The van der Waals surface area contributed by atoms with Crippen molar-refractivity contribution in [3.63, 3.8) is 0 Å². The van der Waals surface area contributed by atoms with E-state index in [-0.39, 0.29) is 18.1 Å². The van der Waals surface area contributed by atoms with Crippen LogP contribution in [0.25, 0.3) is 6.08 Å². The van der Waals surface area contributed by atoms with Gasteiger partial charge in [-0.15, -0.1) is 0 Å². The highest BCUT2D eigenvalue weighted by Crippen LogP contribution is 2.15. The highest BCUT2D eigenvalue weighted by Gasteiger charge is 2.15. The van der Waals surface area contributed by atoms with Crippen molar-refractivity contribution in [3.8, 4) is 5.75 Å². The lowest BCUT2D eigenvalue weighted by Crippen LogP contribution is -2.34. The first-order valence-corrected chi connectivity index (χ1v) is 9.87. The van der Waals surface area contributed by atoms with Crippen LogP contribution in [0.15, 0.2) is 76.8 Å². The summed E-state index contributed by atoms with van der Waals surface area (Å²) in [4.78, 5) is 25.3. The van der Waals surface area contributed by atoms with Crippen molar-refractivity contribution < 1.29 is 18.7 Å². The molecule has 7 heteroatoms. The molecule has 29 heavy (non-hydrogen) atoms. The number of carbonyl (C=O) groups excluding carboxylic acids is 2. The van der Waals surface area contributed by atoms with E-state index in [9.17, 15) is 9.59 Å². The molecule has 0 spiro atoms. The minimum absolute atomic E-state index is 0.0903. The zero-order chi connectivity index (χ0) is 20.6. The van der Waals surface area contributed by atoms with Crippen LogP contribution < -0.4 is 15.4 Å². The molecule has 148 valence electrons. The number of halogens is 1. The van der Waals surface area contributed by atoms with Crippen molar-refractivity contribution in [2.24, 2.45) is 0 Å². The van der Waals surface area contributed by atoms with Crippen LogP contribution in [-0.4, -0.2) is 18.9 Å². The Kier molecular flexibility index (Phi) is 7.07. The average Bonchev–Trinajstić information content (AvgIpc) is 3.16. The van der Waals surface area contributed by atoms with Gasteiger partial charge in [-0.1, -0.05) is 30.3 Å². The standard InChI is InChI=1S/C22H19IN2O4/c1-28-17-9-5-6-15(12-17)14-24-22(27)19(13-18-10-11-20(23)29-18)25-21(26)16-7-3-2-4-8-16/h2-13H,14H2,1H3,(H,24,27)(H,25,26)/b19-13-. The van der Waals surface area contributed by atoms with E-state index in [1.54, 1.807) is 43.5 Å². The van der Waals surface area contributed by atoms with Gasteiger partial charge in [0.1, 0.15) is 17.2 Å². The molecule has 0 aliphatic carbocycles. The maximum Gasteiger partial charge on any atom is 0.268 e. The van der Waals surface area contributed by atoms with Gasteiger partial charge in [0, 0.05) is 18.2 Å². The van der Waals surface area contributed by atoms with Gasteiger partial charge in [0.2, 0.25) is 0 Å². The predicted molar refractivity (Wildman–Crippen MR) is 118 cm³/mol. The fourth-order valence-electron chi connectivity index (χ4n) is 2.55. The van der Waals surface area contributed by atoms with Gasteiger partial charge < -0.3 is 19.8 Å². The van der Waals surface area contributed by atoms with Crippen molar-refractivity contribution in [1.29, 1.82) is 0 Å². The Hall–Kier alpha value is -3.07. The minimum atomic E-state index is -0.427. The number of hydrogen-bond donors (Lipinski definition) is 2. The maximum absolute atomic E-state index is 12.8. The second-order valence-corrected chi connectivity index (χ2v) is 7.12. The number of carbonyl (C=O) groups is 2. The van der Waals surface area contributed by atoms with Crippen LogP contribution in [0.3, 0.4) is 0 Å². The Morgan fingerprint density at radius 2 is 1.86 bits per heavy atom. The molecular weight excluding hydrogens is 483 g/mol. The number of hydrogen-bond acceptors (Lipinski definition) is 4. The van der Waals surface area contributed by atoms with Crippen LogP contribution in [0.4, 0.5) is 0 Å². The molecular formula is C22H19IN2O4. The molecule has 1 aromatic heterocycles. The Labute approximate surface area is 182 Å². The van der Waals surface area contributed by atoms with Crippen LogP contribution in [0.1, 0.15) is 21.7 Å². The lowest BCUT2D eigenvalue weighted by Gasteiger charge is -2.11. The van der Waals surface area contributed by atoms with Gasteiger partial charge in [-0.25, -0.2) is 0 Å². The first kappa shape index (κ1) is 20.7. The van der Waals surface area contributed by atoms with E-state index < -0.39 is 5.91 Å². The molecule has 2 amide bonds. The first-order valence-electron chi connectivity index (χ1n) is 8.80. The van der Waals surface area contributed by atoms with Gasteiger partial charge in [-0.05, 0) is 64.6 Å². The van der Waals surface area contributed by atoms with E-state index in [0.717, 1.165) is 5.56 Å². The van der Waals surface area contributed by atoms with Crippen LogP contribution >= 0.6 is 22.6 Å². The van der Waals surface area contributed by atoms with Crippen molar-refractivity contribution in [2.75, 3.05) is 7.11 Å². The van der Waals surface area contributed by atoms with Crippen LogP contribution in [0.5, 0.6) is 5.75 Å². The van der Waals surface area contributed by atoms with Gasteiger partial charge in [-0.2, -0.15) is 0 Å². The van der Waals surface area contributed by atoms with Crippen molar-refractivity contribution >= 4 is 40.5 Å². The molecule has 0 aliphatic heterocycles. The molecule has 0 bridgehead atoms. The van der Waals surface area contributed by atoms with Crippen LogP contribution in [0.2, 0.25) is 0 Å². The topological polar surface area (TPSA) is 80.6 Å². The highest BCUT2D eigenvalue weighted by atomic mass is 127. The smallest absolute Gasteiger partial charge is 0.268 e. The van der Waals surface area contributed by atoms with E-state index in [0.29, 0.717) is 20.8 Å². The van der Waals surface area contributed by atoms with E-state index in [1.807, 2.05) is 52.9 Å². The Bertz CT molecular complexity index is 1030. The second kappa shape index (κ2) is 9.92. The van der Waals surface area contributed by atoms with Gasteiger partial charge >= 0.3 is 0 Å². The maximum atomic E-state index is 12.8. The van der Waals surface area contributed by atoms with Gasteiger partial charge in [-0.3, -0.25) is 9.59 Å². The molecule has 3 rings (SSSR count). The molecule has 0 unspecified atom stereocenters. The van der Waals surface area contributed by atoms with Gasteiger partial charge in [0.05, 0.1) is 7.11 Å². The Balaban J connectivity index is 1.77. The number of furan rings is 1. The summed E-state index contributed by atoms with van der Waals surface area (Å²) in [6.07, 6.45) is 1.50. The van der Waals surface area contributed by atoms with Crippen molar-refractivity contribution in [1.82, 2.24) is 10.6 Å². The lowest BCUT2D eigenvalue weighted by molar-refractivity contribution is -0.117. The SMILES string of the molecule is COc1cccc(CNC(=O)/C(=C/c2ccc(I)o2)NC(=O)c2ccccc2)c1. The summed E-state index contributed by atoms with van der Waals surface area (Å²) >= 11 is 2.03. The monoisotopic (exact) mass is 502 g/mol. The zero-order valence-corrected chi connectivity index (χ0v) is 17.8. The summed E-state index contributed by atoms with van der Waals surface area (Å²) in [7, 11) is 1.59. The fourth-order valence-corrected chi connectivity index (χ4v) is 2.98. The molecule has 0 radical (unpaired) electrons. The molecule has 0 fully saturated rings. The van der Waals surface area contributed by atoms with Crippen LogP contribution in [-0.2, 0) is 11.3 Å². The predicted octanol–water partition coefficient (Wildman–Crippen LogP) is 3.98.